The highest BCUT2D eigenvalue weighted by Gasteiger charge is 2.13. The Hall–Kier alpha value is -1.92. The van der Waals surface area contributed by atoms with Crippen molar-refractivity contribution in [2.45, 2.75) is 25.5 Å². The minimum absolute atomic E-state index is 0.0924. The Balaban J connectivity index is 1.63. The van der Waals surface area contributed by atoms with E-state index >= 15 is 0 Å². The fourth-order valence-electron chi connectivity index (χ4n) is 2.00. The monoisotopic (exact) mass is 344 g/mol. The molecule has 1 aromatic carbocycles. The molecule has 0 N–H and O–H groups in total. The van der Waals surface area contributed by atoms with Crippen molar-refractivity contribution in [2.75, 3.05) is 5.75 Å². The average molecular weight is 344 g/mol. The number of rotatable bonds is 6. The predicted molar refractivity (Wildman–Crippen MR) is 93.2 cm³/mol. The second kappa shape index (κ2) is 7.10. The number of Topliss-reactive ketones (excluding diaryl/α,β-unsaturated/α-hetero) is 1. The summed E-state index contributed by atoms with van der Waals surface area (Å²) in [6.45, 7) is 4.11. The second-order valence-electron chi connectivity index (χ2n) is 5.07. The van der Waals surface area contributed by atoms with Gasteiger partial charge in [-0.25, -0.2) is 0 Å². The van der Waals surface area contributed by atoms with Gasteiger partial charge in [-0.2, -0.15) is 0 Å². The molecule has 23 heavy (non-hydrogen) atoms. The van der Waals surface area contributed by atoms with Gasteiger partial charge < -0.3 is 4.42 Å². The van der Waals surface area contributed by atoms with Crippen LogP contribution in [0, 0.1) is 6.92 Å². The van der Waals surface area contributed by atoms with Crippen LogP contribution in [0.25, 0.3) is 11.5 Å². The molecule has 6 heteroatoms. The highest BCUT2D eigenvalue weighted by atomic mass is 32.2. The van der Waals surface area contributed by atoms with E-state index in [-0.39, 0.29) is 5.78 Å². The first-order valence-electron chi connectivity index (χ1n) is 7.31. The molecule has 0 spiro atoms. The average Bonchev–Trinajstić information content (AvgIpc) is 3.22. The molecule has 0 aliphatic heterocycles. The summed E-state index contributed by atoms with van der Waals surface area (Å²) in [6, 6.07) is 11.8. The molecule has 2 heterocycles. The van der Waals surface area contributed by atoms with Gasteiger partial charge in [0.1, 0.15) is 0 Å². The number of carbonyl (C=O) groups excluding carboxylic acids is 1. The Morgan fingerprint density at radius 1 is 1.17 bits per heavy atom. The van der Waals surface area contributed by atoms with E-state index in [1.165, 1.54) is 22.2 Å². The number of hydrogen-bond donors (Lipinski definition) is 0. The summed E-state index contributed by atoms with van der Waals surface area (Å²) >= 11 is 2.83. The Morgan fingerprint density at radius 2 is 1.96 bits per heavy atom. The summed E-state index contributed by atoms with van der Waals surface area (Å²) in [4.78, 5) is 14.2. The van der Waals surface area contributed by atoms with E-state index in [9.17, 15) is 4.79 Å². The van der Waals surface area contributed by atoms with Gasteiger partial charge in [0.05, 0.1) is 10.6 Å². The zero-order chi connectivity index (χ0) is 16.2. The summed E-state index contributed by atoms with van der Waals surface area (Å²) in [5.41, 5.74) is 2.06. The van der Waals surface area contributed by atoms with Crippen LogP contribution in [0.2, 0.25) is 0 Å². The third-order valence-corrected chi connectivity index (χ3v) is 5.41. The number of aryl methyl sites for hydroxylation is 2. The summed E-state index contributed by atoms with van der Waals surface area (Å²) in [6.07, 6.45) is 0.953. The predicted octanol–water partition coefficient (Wildman–Crippen LogP) is 4.64. The standard InChI is InChI=1S/C17H16N2O2S2/c1-3-13-8-9-15(23-13)14(20)10-22-17-19-18-16(21-17)12-6-4-11(2)5-7-12/h4-9H,3,10H2,1-2H3. The van der Waals surface area contributed by atoms with Crippen molar-refractivity contribution in [3.8, 4) is 11.5 Å². The molecule has 0 amide bonds. The Labute approximate surface area is 142 Å². The van der Waals surface area contributed by atoms with E-state index in [2.05, 4.69) is 17.1 Å². The van der Waals surface area contributed by atoms with Gasteiger partial charge in [-0.05, 0) is 37.6 Å². The van der Waals surface area contributed by atoms with Gasteiger partial charge in [0.2, 0.25) is 5.89 Å². The lowest BCUT2D eigenvalue weighted by Crippen LogP contribution is -1.99. The molecule has 0 fully saturated rings. The van der Waals surface area contributed by atoms with E-state index in [4.69, 9.17) is 4.42 Å². The van der Waals surface area contributed by atoms with Crippen molar-refractivity contribution in [3.05, 3.63) is 51.7 Å². The van der Waals surface area contributed by atoms with Crippen molar-refractivity contribution < 1.29 is 9.21 Å². The van der Waals surface area contributed by atoms with Crippen LogP contribution in [-0.2, 0) is 6.42 Å². The first-order valence-corrected chi connectivity index (χ1v) is 9.11. The zero-order valence-corrected chi connectivity index (χ0v) is 14.5. The van der Waals surface area contributed by atoms with Gasteiger partial charge in [0.15, 0.2) is 5.78 Å². The fourth-order valence-corrected chi connectivity index (χ4v) is 3.62. The molecule has 0 saturated heterocycles. The molecule has 118 valence electrons. The van der Waals surface area contributed by atoms with Gasteiger partial charge in [-0.15, -0.1) is 21.5 Å². The highest BCUT2D eigenvalue weighted by molar-refractivity contribution is 7.99. The Morgan fingerprint density at radius 3 is 2.65 bits per heavy atom. The largest absolute Gasteiger partial charge is 0.411 e. The minimum Gasteiger partial charge on any atom is -0.411 e. The van der Waals surface area contributed by atoms with Crippen molar-refractivity contribution >= 4 is 28.9 Å². The van der Waals surface area contributed by atoms with Gasteiger partial charge in [0, 0.05) is 10.4 Å². The number of thioether (sulfide) groups is 1. The Kier molecular flexibility index (Phi) is 4.93. The minimum atomic E-state index is 0.0924. The topological polar surface area (TPSA) is 56.0 Å². The fraction of sp³-hybridized carbons (Fsp3) is 0.235. The molecule has 0 radical (unpaired) electrons. The lowest BCUT2D eigenvalue weighted by molar-refractivity contribution is 0.102. The molecule has 0 unspecified atom stereocenters. The molecule has 4 nitrogen and oxygen atoms in total. The van der Waals surface area contributed by atoms with Crippen LogP contribution in [0.3, 0.4) is 0 Å². The van der Waals surface area contributed by atoms with E-state index in [0.717, 1.165) is 16.9 Å². The molecule has 3 rings (SSSR count). The number of carbonyl (C=O) groups is 1. The first-order chi connectivity index (χ1) is 11.2. The van der Waals surface area contributed by atoms with Gasteiger partial charge in [0.25, 0.3) is 5.22 Å². The maximum Gasteiger partial charge on any atom is 0.277 e. The lowest BCUT2D eigenvalue weighted by atomic mass is 10.1. The van der Waals surface area contributed by atoms with E-state index < -0.39 is 0 Å². The molecular formula is C17H16N2O2S2. The molecule has 0 atom stereocenters. The third-order valence-electron chi connectivity index (χ3n) is 3.32. The van der Waals surface area contributed by atoms with Crippen LogP contribution in [0.4, 0.5) is 0 Å². The normalized spacial score (nSPS) is 10.9. The smallest absolute Gasteiger partial charge is 0.277 e. The van der Waals surface area contributed by atoms with Crippen LogP contribution in [0.15, 0.2) is 46.0 Å². The summed E-state index contributed by atoms with van der Waals surface area (Å²) < 4.78 is 5.61. The van der Waals surface area contributed by atoms with E-state index in [0.29, 0.717) is 16.9 Å². The van der Waals surface area contributed by atoms with E-state index in [1.807, 2.05) is 43.3 Å². The number of hydrogen-bond acceptors (Lipinski definition) is 6. The van der Waals surface area contributed by atoms with Crippen LogP contribution >= 0.6 is 23.1 Å². The maximum absolute atomic E-state index is 12.2. The van der Waals surface area contributed by atoms with Crippen molar-refractivity contribution in [1.82, 2.24) is 10.2 Å². The number of aromatic nitrogens is 2. The van der Waals surface area contributed by atoms with E-state index in [1.54, 1.807) is 11.3 Å². The molecule has 0 saturated carbocycles. The van der Waals surface area contributed by atoms with Gasteiger partial charge in [-0.1, -0.05) is 36.4 Å². The molecule has 0 aliphatic rings. The molecule has 2 aromatic heterocycles. The first kappa shape index (κ1) is 16.0. The lowest BCUT2D eigenvalue weighted by Gasteiger charge is -1.96. The summed E-state index contributed by atoms with van der Waals surface area (Å²) in [7, 11) is 0. The van der Waals surface area contributed by atoms with Crippen molar-refractivity contribution in [2.24, 2.45) is 0 Å². The number of thiophene rings is 1. The number of ketones is 1. The SMILES string of the molecule is CCc1ccc(C(=O)CSc2nnc(-c3ccc(C)cc3)o2)s1. The summed E-state index contributed by atoms with van der Waals surface area (Å²) in [5.74, 6) is 0.873. The van der Waals surface area contributed by atoms with Gasteiger partial charge in [-0.3, -0.25) is 4.79 Å². The van der Waals surface area contributed by atoms with Crippen LogP contribution in [0.1, 0.15) is 27.0 Å². The third kappa shape index (κ3) is 3.89. The number of nitrogens with zero attached hydrogens (tertiary/aromatic N) is 2. The molecule has 0 bridgehead atoms. The highest BCUT2D eigenvalue weighted by Crippen LogP contribution is 2.25. The van der Waals surface area contributed by atoms with Crippen LogP contribution in [-0.4, -0.2) is 21.7 Å². The second-order valence-corrected chi connectivity index (χ2v) is 7.17. The van der Waals surface area contributed by atoms with Crippen molar-refractivity contribution in [3.63, 3.8) is 0 Å². The quantitative estimate of drug-likeness (QED) is 0.481. The molecule has 0 aliphatic carbocycles. The van der Waals surface area contributed by atoms with Crippen LogP contribution < -0.4 is 0 Å². The van der Waals surface area contributed by atoms with Crippen LogP contribution in [0.5, 0.6) is 0 Å². The Bertz CT molecular complexity index is 806. The molecular weight excluding hydrogens is 328 g/mol. The van der Waals surface area contributed by atoms with Crippen molar-refractivity contribution in [1.29, 1.82) is 0 Å². The van der Waals surface area contributed by atoms with Gasteiger partial charge >= 0.3 is 0 Å². The maximum atomic E-state index is 12.2. The molecule has 3 aromatic rings. The number of benzene rings is 1. The summed E-state index contributed by atoms with van der Waals surface area (Å²) in [5, 5.41) is 8.46. The zero-order valence-electron chi connectivity index (χ0n) is 12.9.